The summed E-state index contributed by atoms with van der Waals surface area (Å²) in [5.41, 5.74) is 7.21. The van der Waals surface area contributed by atoms with Gasteiger partial charge in [0.25, 0.3) is 0 Å². The molecule has 0 bridgehead atoms. The molecule has 21 heavy (non-hydrogen) atoms. The van der Waals surface area contributed by atoms with Gasteiger partial charge in [-0.1, -0.05) is 11.6 Å². The van der Waals surface area contributed by atoms with Gasteiger partial charge in [-0.25, -0.2) is 0 Å². The minimum atomic E-state index is -0.186. The predicted molar refractivity (Wildman–Crippen MR) is 84.5 cm³/mol. The Bertz CT molecular complexity index is 609. The van der Waals surface area contributed by atoms with E-state index in [2.05, 4.69) is 0 Å². The van der Waals surface area contributed by atoms with Gasteiger partial charge in [-0.05, 0) is 36.8 Å². The van der Waals surface area contributed by atoms with Gasteiger partial charge >= 0.3 is 0 Å². The van der Waals surface area contributed by atoms with E-state index in [1.165, 1.54) is 0 Å². The van der Waals surface area contributed by atoms with Gasteiger partial charge in [-0.2, -0.15) is 0 Å². The maximum Gasteiger partial charge on any atom is 0.122 e. The Morgan fingerprint density at radius 3 is 2.10 bits per heavy atom. The minimum Gasteiger partial charge on any atom is -0.497 e. The standard InChI is InChI=1S/C16H18ClNO3/c1-10(21-12-4-5-15(17)16(18)9-12)11-6-13(19-2)8-14(7-11)20-3/h4-10H,18H2,1-3H3. The Kier molecular flexibility index (Phi) is 4.81. The summed E-state index contributed by atoms with van der Waals surface area (Å²) in [6, 6.07) is 10.8. The van der Waals surface area contributed by atoms with Gasteiger partial charge in [0, 0.05) is 12.1 Å². The smallest absolute Gasteiger partial charge is 0.122 e. The fourth-order valence-corrected chi connectivity index (χ4v) is 2.05. The largest absolute Gasteiger partial charge is 0.497 e. The molecule has 5 heteroatoms. The number of hydrogen-bond acceptors (Lipinski definition) is 4. The summed E-state index contributed by atoms with van der Waals surface area (Å²) in [4.78, 5) is 0. The molecular weight excluding hydrogens is 290 g/mol. The quantitative estimate of drug-likeness (QED) is 0.846. The van der Waals surface area contributed by atoms with Crippen LogP contribution in [-0.4, -0.2) is 14.2 Å². The highest BCUT2D eigenvalue weighted by Crippen LogP contribution is 2.31. The van der Waals surface area contributed by atoms with Crippen molar-refractivity contribution < 1.29 is 14.2 Å². The van der Waals surface area contributed by atoms with Gasteiger partial charge in [0.2, 0.25) is 0 Å². The summed E-state index contributed by atoms with van der Waals surface area (Å²) >= 11 is 5.90. The summed E-state index contributed by atoms with van der Waals surface area (Å²) in [7, 11) is 3.23. The van der Waals surface area contributed by atoms with Crippen molar-refractivity contribution in [2.24, 2.45) is 0 Å². The number of methoxy groups -OCH3 is 2. The van der Waals surface area contributed by atoms with E-state index in [9.17, 15) is 0 Å². The highest BCUT2D eigenvalue weighted by Gasteiger charge is 2.11. The highest BCUT2D eigenvalue weighted by molar-refractivity contribution is 6.33. The number of benzene rings is 2. The number of halogens is 1. The molecule has 0 aliphatic carbocycles. The SMILES string of the molecule is COc1cc(OC)cc(C(C)Oc2ccc(Cl)c(N)c2)c1. The Hall–Kier alpha value is -2.07. The lowest BCUT2D eigenvalue weighted by Crippen LogP contribution is -2.04. The molecular formula is C16H18ClNO3. The summed E-state index contributed by atoms with van der Waals surface area (Å²) < 4.78 is 16.4. The van der Waals surface area contributed by atoms with Crippen molar-refractivity contribution >= 4 is 17.3 Å². The molecule has 0 saturated heterocycles. The van der Waals surface area contributed by atoms with Gasteiger partial charge in [0.1, 0.15) is 23.4 Å². The number of anilines is 1. The molecule has 4 nitrogen and oxygen atoms in total. The number of rotatable bonds is 5. The Balaban J connectivity index is 2.22. The molecule has 112 valence electrons. The molecule has 0 spiro atoms. The lowest BCUT2D eigenvalue weighted by molar-refractivity contribution is 0.226. The highest BCUT2D eigenvalue weighted by atomic mass is 35.5. The van der Waals surface area contributed by atoms with Crippen LogP contribution < -0.4 is 19.9 Å². The molecule has 2 aromatic carbocycles. The van der Waals surface area contributed by atoms with Crippen molar-refractivity contribution in [3.63, 3.8) is 0 Å². The van der Waals surface area contributed by atoms with Crippen molar-refractivity contribution in [2.45, 2.75) is 13.0 Å². The molecule has 2 N–H and O–H groups in total. The van der Waals surface area contributed by atoms with Crippen molar-refractivity contribution in [3.05, 3.63) is 47.0 Å². The summed E-state index contributed by atoms with van der Waals surface area (Å²) in [6.07, 6.45) is -0.186. The summed E-state index contributed by atoms with van der Waals surface area (Å²) in [5.74, 6) is 2.09. The van der Waals surface area contributed by atoms with E-state index < -0.39 is 0 Å². The lowest BCUT2D eigenvalue weighted by atomic mass is 10.1. The Labute approximate surface area is 129 Å². The first kappa shape index (κ1) is 15.3. The molecule has 0 amide bonds. The fourth-order valence-electron chi connectivity index (χ4n) is 1.93. The van der Waals surface area contributed by atoms with Crippen LogP contribution >= 0.6 is 11.6 Å². The van der Waals surface area contributed by atoms with Gasteiger partial charge in [-0.3, -0.25) is 0 Å². The van der Waals surface area contributed by atoms with E-state index in [1.807, 2.05) is 25.1 Å². The van der Waals surface area contributed by atoms with Crippen molar-refractivity contribution in [1.82, 2.24) is 0 Å². The first-order valence-corrected chi connectivity index (χ1v) is 6.86. The number of nitrogens with two attached hydrogens (primary N) is 1. The Morgan fingerprint density at radius 2 is 1.57 bits per heavy atom. The molecule has 0 heterocycles. The second-order valence-electron chi connectivity index (χ2n) is 4.59. The summed E-state index contributed by atoms with van der Waals surface area (Å²) in [5, 5.41) is 0.512. The van der Waals surface area contributed by atoms with E-state index in [4.69, 9.17) is 31.5 Å². The van der Waals surface area contributed by atoms with Crippen LogP contribution in [0.4, 0.5) is 5.69 Å². The second-order valence-corrected chi connectivity index (χ2v) is 5.00. The van der Waals surface area contributed by atoms with E-state index in [0.29, 0.717) is 16.5 Å². The van der Waals surface area contributed by atoms with Crippen LogP contribution in [-0.2, 0) is 0 Å². The molecule has 0 saturated carbocycles. The van der Waals surface area contributed by atoms with Gasteiger partial charge < -0.3 is 19.9 Å². The van der Waals surface area contributed by atoms with Crippen LogP contribution in [0, 0.1) is 0 Å². The number of hydrogen-bond donors (Lipinski definition) is 1. The first-order valence-electron chi connectivity index (χ1n) is 6.48. The third-order valence-electron chi connectivity index (χ3n) is 3.12. The lowest BCUT2D eigenvalue weighted by Gasteiger charge is -2.17. The van der Waals surface area contributed by atoms with Crippen molar-refractivity contribution in [2.75, 3.05) is 20.0 Å². The molecule has 0 aliphatic heterocycles. The van der Waals surface area contributed by atoms with Crippen molar-refractivity contribution in [1.29, 1.82) is 0 Å². The second kappa shape index (κ2) is 6.59. The van der Waals surface area contributed by atoms with E-state index in [-0.39, 0.29) is 6.10 Å². The number of ether oxygens (including phenoxy) is 3. The zero-order valence-electron chi connectivity index (χ0n) is 12.2. The predicted octanol–water partition coefficient (Wildman–Crippen LogP) is 4.08. The first-order chi connectivity index (χ1) is 10.0. The van der Waals surface area contributed by atoms with Crippen LogP contribution in [0.15, 0.2) is 36.4 Å². The molecule has 0 fully saturated rings. The van der Waals surface area contributed by atoms with Crippen LogP contribution in [0.2, 0.25) is 5.02 Å². The third kappa shape index (κ3) is 3.73. The van der Waals surface area contributed by atoms with Crippen LogP contribution in [0.3, 0.4) is 0 Å². The van der Waals surface area contributed by atoms with E-state index in [1.54, 1.807) is 32.4 Å². The number of nitrogen functional groups attached to an aromatic ring is 1. The van der Waals surface area contributed by atoms with Crippen LogP contribution in [0.1, 0.15) is 18.6 Å². The zero-order chi connectivity index (χ0) is 15.4. The monoisotopic (exact) mass is 307 g/mol. The average molecular weight is 308 g/mol. The van der Waals surface area contributed by atoms with Crippen molar-refractivity contribution in [3.8, 4) is 17.2 Å². The normalized spacial score (nSPS) is 11.8. The van der Waals surface area contributed by atoms with E-state index in [0.717, 1.165) is 17.1 Å². The third-order valence-corrected chi connectivity index (χ3v) is 3.47. The van der Waals surface area contributed by atoms with Crippen LogP contribution in [0.5, 0.6) is 17.2 Å². The molecule has 1 atom stereocenters. The maximum absolute atomic E-state index is 5.90. The average Bonchev–Trinajstić information content (AvgIpc) is 2.50. The molecule has 2 aromatic rings. The minimum absolute atomic E-state index is 0.186. The molecule has 1 unspecified atom stereocenters. The fraction of sp³-hybridized carbons (Fsp3) is 0.250. The van der Waals surface area contributed by atoms with Gasteiger partial charge in [-0.15, -0.1) is 0 Å². The summed E-state index contributed by atoms with van der Waals surface area (Å²) in [6.45, 7) is 1.94. The topological polar surface area (TPSA) is 53.7 Å². The maximum atomic E-state index is 5.90. The van der Waals surface area contributed by atoms with E-state index >= 15 is 0 Å². The van der Waals surface area contributed by atoms with Crippen LogP contribution in [0.25, 0.3) is 0 Å². The van der Waals surface area contributed by atoms with Gasteiger partial charge in [0.05, 0.1) is 24.9 Å². The molecule has 0 aliphatic rings. The van der Waals surface area contributed by atoms with Gasteiger partial charge in [0.15, 0.2) is 0 Å². The zero-order valence-corrected chi connectivity index (χ0v) is 13.0. The molecule has 2 rings (SSSR count). The molecule has 0 aromatic heterocycles. The molecule has 0 radical (unpaired) electrons. The Morgan fingerprint density at radius 1 is 0.952 bits per heavy atom.